The number of ether oxygens (including phenoxy) is 2. The van der Waals surface area contributed by atoms with Crippen LogP contribution in [-0.4, -0.2) is 40.8 Å². The largest absolute Gasteiger partial charge is 0.493 e. The van der Waals surface area contributed by atoms with Crippen LogP contribution in [0.15, 0.2) is 35.7 Å². The Morgan fingerprint density at radius 3 is 2.81 bits per heavy atom. The molecule has 0 radical (unpaired) electrons. The zero-order valence-corrected chi connectivity index (χ0v) is 12.7. The van der Waals surface area contributed by atoms with Crippen LogP contribution in [0.3, 0.4) is 0 Å². The molecule has 0 saturated heterocycles. The van der Waals surface area contributed by atoms with E-state index in [-0.39, 0.29) is 5.82 Å². The maximum absolute atomic E-state index is 12.7. The molecule has 2 rings (SSSR count). The van der Waals surface area contributed by atoms with Gasteiger partial charge in [-0.05, 0) is 30.7 Å². The summed E-state index contributed by atoms with van der Waals surface area (Å²) in [7, 11) is 1.69. The number of nitrogens with zero attached hydrogens (tertiary/aromatic N) is 3. The van der Waals surface area contributed by atoms with E-state index in [2.05, 4.69) is 10.2 Å². The lowest BCUT2D eigenvalue weighted by atomic mass is 10.3. The highest BCUT2D eigenvalue weighted by molar-refractivity contribution is 7.99. The summed E-state index contributed by atoms with van der Waals surface area (Å²) < 4.78 is 25.3. The summed E-state index contributed by atoms with van der Waals surface area (Å²) in [6.45, 7) is 2.08. The molecule has 0 bridgehead atoms. The van der Waals surface area contributed by atoms with Gasteiger partial charge >= 0.3 is 0 Å². The highest BCUT2D eigenvalue weighted by atomic mass is 32.2. The fraction of sp³-hybridized carbons (Fsp3) is 0.429. The van der Waals surface area contributed by atoms with E-state index in [1.807, 2.05) is 4.57 Å². The molecule has 0 aliphatic rings. The molecule has 0 aliphatic carbocycles. The third-order valence-electron chi connectivity index (χ3n) is 2.72. The zero-order chi connectivity index (χ0) is 14.9. The molecule has 2 aromatic rings. The molecule has 21 heavy (non-hydrogen) atoms. The Balaban J connectivity index is 1.71. The number of aromatic nitrogens is 3. The molecule has 0 atom stereocenters. The minimum Gasteiger partial charge on any atom is -0.493 e. The molecular weight excluding hydrogens is 293 g/mol. The van der Waals surface area contributed by atoms with Crippen molar-refractivity contribution in [2.45, 2.75) is 18.1 Å². The molecular formula is C14H18FN3O2S. The first-order chi connectivity index (χ1) is 10.3. The number of benzene rings is 1. The van der Waals surface area contributed by atoms with Gasteiger partial charge in [-0.15, -0.1) is 10.2 Å². The van der Waals surface area contributed by atoms with E-state index in [0.717, 1.165) is 30.5 Å². The second-order valence-electron chi connectivity index (χ2n) is 4.30. The van der Waals surface area contributed by atoms with Gasteiger partial charge < -0.3 is 14.0 Å². The van der Waals surface area contributed by atoms with Gasteiger partial charge in [0.25, 0.3) is 0 Å². The number of hydrogen-bond acceptors (Lipinski definition) is 5. The molecule has 0 aliphatic heterocycles. The lowest BCUT2D eigenvalue weighted by molar-refractivity contribution is 0.189. The Kier molecular flexibility index (Phi) is 6.49. The van der Waals surface area contributed by atoms with E-state index in [1.54, 1.807) is 37.3 Å². The Bertz CT molecular complexity index is 533. The normalized spacial score (nSPS) is 10.8. The molecule has 5 nitrogen and oxygen atoms in total. The maximum Gasteiger partial charge on any atom is 0.191 e. The first kappa shape index (κ1) is 15.8. The molecule has 0 amide bonds. The third-order valence-corrected chi connectivity index (χ3v) is 3.67. The standard InChI is InChI=1S/C14H18FN3O2S/c1-19-8-2-7-18-11-16-17-14(18)21-10-9-20-13-5-3-12(15)4-6-13/h3-6,11H,2,7-10H2,1H3. The first-order valence-electron chi connectivity index (χ1n) is 6.67. The third kappa shape index (κ3) is 5.35. The molecule has 0 unspecified atom stereocenters. The van der Waals surface area contributed by atoms with Crippen molar-refractivity contribution >= 4 is 11.8 Å². The van der Waals surface area contributed by atoms with Crippen LogP contribution in [0.1, 0.15) is 6.42 Å². The van der Waals surface area contributed by atoms with E-state index in [9.17, 15) is 4.39 Å². The van der Waals surface area contributed by atoms with Crippen LogP contribution in [-0.2, 0) is 11.3 Å². The highest BCUT2D eigenvalue weighted by Gasteiger charge is 2.05. The second-order valence-corrected chi connectivity index (χ2v) is 5.37. The Labute approximate surface area is 127 Å². The summed E-state index contributed by atoms with van der Waals surface area (Å²) in [6, 6.07) is 6.00. The number of hydrogen-bond donors (Lipinski definition) is 0. The Morgan fingerprint density at radius 2 is 2.05 bits per heavy atom. The summed E-state index contributed by atoms with van der Waals surface area (Å²) in [5, 5.41) is 8.87. The Morgan fingerprint density at radius 1 is 1.24 bits per heavy atom. The summed E-state index contributed by atoms with van der Waals surface area (Å²) in [4.78, 5) is 0. The monoisotopic (exact) mass is 311 g/mol. The zero-order valence-electron chi connectivity index (χ0n) is 11.9. The van der Waals surface area contributed by atoms with Crippen LogP contribution in [0.5, 0.6) is 5.75 Å². The predicted octanol–water partition coefficient (Wildman–Crippen LogP) is 2.62. The summed E-state index contributed by atoms with van der Waals surface area (Å²) >= 11 is 1.58. The molecule has 0 spiro atoms. The van der Waals surface area contributed by atoms with Crippen molar-refractivity contribution in [3.63, 3.8) is 0 Å². The van der Waals surface area contributed by atoms with Gasteiger partial charge in [0.15, 0.2) is 5.16 Å². The van der Waals surface area contributed by atoms with E-state index < -0.39 is 0 Å². The number of rotatable bonds is 9. The van der Waals surface area contributed by atoms with Crippen LogP contribution in [0.4, 0.5) is 4.39 Å². The van der Waals surface area contributed by atoms with Crippen molar-refractivity contribution in [2.75, 3.05) is 26.1 Å². The topological polar surface area (TPSA) is 49.2 Å². The van der Waals surface area contributed by atoms with Gasteiger partial charge in [0.05, 0.1) is 6.61 Å². The molecule has 0 saturated carbocycles. The van der Waals surface area contributed by atoms with Gasteiger partial charge in [0.2, 0.25) is 0 Å². The maximum atomic E-state index is 12.7. The summed E-state index contributed by atoms with van der Waals surface area (Å²) in [6.07, 6.45) is 2.65. The average molecular weight is 311 g/mol. The van der Waals surface area contributed by atoms with Crippen molar-refractivity contribution < 1.29 is 13.9 Å². The fourth-order valence-electron chi connectivity index (χ4n) is 1.71. The van der Waals surface area contributed by atoms with Gasteiger partial charge in [-0.25, -0.2) is 4.39 Å². The van der Waals surface area contributed by atoms with E-state index in [1.165, 1.54) is 12.1 Å². The molecule has 0 fully saturated rings. The highest BCUT2D eigenvalue weighted by Crippen LogP contribution is 2.16. The minimum atomic E-state index is -0.263. The van der Waals surface area contributed by atoms with Gasteiger partial charge in [-0.1, -0.05) is 11.8 Å². The minimum absolute atomic E-state index is 0.263. The van der Waals surface area contributed by atoms with Crippen LogP contribution in [0.2, 0.25) is 0 Å². The average Bonchev–Trinajstić information content (AvgIpc) is 2.93. The number of thioether (sulfide) groups is 1. The summed E-state index contributed by atoms with van der Waals surface area (Å²) in [5.74, 6) is 1.15. The van der Waals surface area contributed by atoms with Gasteiger partial charge in [-0.3, -0.25) is 0 Å². The summed E-state index contributed by atoms with van der Waals surface area (Å²) in [5.41, 5.74) is 0. The van der Waals surface area contributed by atoms with Gasteiger partial charge in [0.1, 0.15) is 17.9 Å². The number of halogens is 1. The van der Waals surface area contributed by atoms with E-state index in [4.69, 9.17) is 9.47 Å². The van der Waals surface area contributed by atoms with E-state index >= 15 is 0 Å². The van der Waals surface area contributed by atoms with Crippen LogP contribution in [0.25, 0.3) is 0 Å². The van der Waals surface area contributed by atoms with E-state index in [0.29, 0.717) is 12.4 Å². The lowest BCUT2D eigenvalue weighted by Gasteiger charge is -2.07. The lowest BCUT2D eigenvalue weighted by Crippen LogP contribution is -2.04. The molecule has 1 heterocycles. The molecule has 114 valence electrons. The van der Waals surface area contributed by atoms with Crippen molar-refractivity contribution in [2.24, 2.45) is 0 Å². The first-order valence-corrected chi connectivity index (χ1v) is 7.66. The van der Waals surface area contributed by atoms with Crippen molar-refractivity contribution in [3.8, 4) is 5.75 Å². The van der Waals surface area contributed by atoms with Crippen molar-refractivity contribution in [1.29, 1.82) is 0 Å². The second kappa shape index (κ2) is 8.63. The quantitative estimate of drug-likeness (QED) is 0.526. The van der Waals surface area contributed by atoms with Crippen molar-refractivity contribution in [1.82, 2.24) is 14.8 Å². The van der Waals surface area contributed by atoms with Gasteiger partial charge in [0, 0.05) is 26.0 Å². The SMILES string of the molecule is COCCCn1cnnc1SCCOc1ccc(F)cc1. The van der Waals surface area contributed by atoms with Crippen LogP contribution >= 0.6 is 11.8 Å². The molecule has 0 N–H and O–H groups in total. The smallest absolute Gasteiger partial charge is 0.191 e. The van der Waals surface area contributed by atoms with Gasteiger partial charge in [-0.2, -0.15) is 0 Å². The van der Waals surface area contributed by atoms with Crippen LogP contribution < -0.4 is 4.74 Å². The number of methoxy groups -OCH3 is 1. The molecule has 1 aromatic carbocycles. The number of aryl methyl sites for hydroxylation is 1. The molecule has 1 aromatic heterocycles. The van der Waals surface area contributed by atoms with Crippen molar-refractivity contribution in [3.05, 3.63) is 36.4 Å². The van der Waals surface area contributed by atoms with Crippen LogP contribution in [0, 0.1) is 5.82 Å². The fourth-order valence-corrected chi connectivity index (χ4v) is 2.47. The predicted molar refractivity (Wildman–Crippen MR) is 79.1 cm³/mol. The molecule has 7 heteroatoms. The Hall–Kier alpha value is -1.60.